The Hall–Kier alpha value is -0.420. The van der Waals surface area contributed by atoms with E-state index in [-0.39, 0.29) is 6.03 Å². The summed E-state index contributed by atoms with van der Waals surface area (Å²) in [5, 5.41) is 14.4. The lowest BCUT2D eigenvalue weighted by Crippen LogP contribution is -2.44. The number of urea groups is 1. The minimum absolute atomic E-state index is 0.173. The number of amides is 2. The van der Waals surface area contributed by atoms with Gasteiger partial charge in [-0.3, -0.25) is 0 Å². The Balaban J connectivity index is 2.09. The standard InChI is InChI=1S/C8H16N2O2S/c1-6(11)4-9-8(12)10-7-2-3-13-5-7/h6-7,11H,2-5H2,1H3,(H2,9,10,12)/t6-,7?/m1/s1. The summed E-state index contributed by atoms with van der Waals surface area (Å²) in [5.41, 5.74) is 0. The Labute approximate surface area is 82.5 Å². The lowest BCUT2D eigenvalue weighted by Gasteiger charge is -2.12. The molecular weight excluding hydrogens is 188 g/mol. The number of rotatable bonds is 3. The van der Waals surface area contributed by atoms with Gasteiger partial charge in [-0.15, -0.1) is 0 Å². The number of aliphatic hydroxyl groups excluding tert-OH is 1. The lowest BCUT2D eigenvalue weighted by molar-refractivity contribution is 0.187. The highest BCUT2D eigenvalue weighted by atomic mass is 32.2. The van der Waals surface area contributed by atoms with Crippen molar-refractivity contribution < 1.29 is 9.90 Å². The molecule has 0 radical (unpaired) electrons. The zero-order chi connectivity index (χ0) is 9.68. The first-order valence-electron chi connectivity index (χ1n) is 4.48. The monoisotopic (exact) mass is 204 g/mol. The zero-order valence-corrected chi connectivity index (χ0v) is 8.56. The maximum Gasteiger partial charge on any atom is 0.315 e. The van der Waals surface area contributed by atoms with E-state index >= 15 is 0 Å². The van der Waals surface area contributed by atoms with Crippen LogP contribution in [0.5, 0.6) is 0 Å². The van der Waals surface area contributed by atoms with Crippen molar-refractivity contribution in [1.82, 2.24) is 10.6 Å². The largest absolute Gasteiger partial charge is 0.392 e. The van der Waals surface area contributed by atoms with Crippen molar-refractivity contribution in [2.75, 3.05) is 18.1 Å². The van der Waals surface area contributed by atoms with Gasteiger partial charge in [0.2, 0.25) is 0 Å². The molecule has 2 amide bonds. The van der Waals surface area contributed by atoms with Crippen LogP contribution in [0.25, 0.3) is 0 Å². The molecule has 0 aromatic heterocycles. The molecule has 0 aromatic rings. The fraction of sp³-hybridized carbons (Fsp3) is 0.875. The summed E-state index contributed by atoms with van der Waals surface area (Å²) in [6, 6.07) is 0.132. The van der Waals surface area contributed by atoms with Crippen LogP contribution in [0.4, 0.5) is 4.79 Å². The van der Waals surface area contributed by atoms with Crippen LogP contribution in [0.3, 0.4) is 0 Å². The van der Waals surface area contributed by atoms with E-state index in [0.29, 0.717) is 12.6 Å². The van der Waals surface area contributed by atoms with Crippen LogP contribution in [0.2, 0.25) is 0 Å². The van der Waals surface area contributed by atoms with Crippen LogP contribution in [-0.2, 0) is 0 Å². The molecule has 0 bridgehead atoms. The maximum absolute atomic E-state index is 11.2. The number of hydrogen-bond acceptors (Lipinski definition) is 3. The summed E-state index contributed by atoms with van der Waals surface area (Å²) in [4.78, 5) is 11.2. The first kappa shape index (κ1) is 10.7. The normalized spacial score (nSPS) is 24.0. The minimum atomic E-state index is -0.483. The van der Waals surface area contributed by atoms with E-state index in [9.17, 15) is 4.79 Å². The summed E-state index contributed by atoms with van der Waals surface area (Å²) in [5.74, 6) is 2.13. The van der Waals surface area contributed by atoms with Gasteiger partial charge in [0.25, 0.3) is 0 Å². The summed E-state index contributed by atoms with van der Waals surface area (Å²) in [6.45, 7) is 1.96. The molecule has 5 heteroatoms. The molecule has 13 heavy (non-hydrogen) atoms. The quantitative estimate of drug-likeness (QED) is 0.614. The third-order valence-electron chi connectivity index (χ3n) is 1.82. The van der Waals surface area contributed by atoms with Crippen LogP contribution < -0.4 is 10.6 Å². The molecule has 3 N–H and O–H groups in total. The van der Waals surface area contributed by atoms with Crippen molar-refractivity contribution in [2.24, 2.45) is 0 Å². The molecule has 76 valence electrons. The average molecular weight is 204 g/mol. The highest BCUT2D eigenvalue weighted by Crippen LogP contribution is 2.16. The highest BCUT2D eigenvalue weighted by Gasteiger charge is 2.17. The highest BCUT2D eigenvalue weighted by molar-refractivity contribution is 7.99. The molecule has 4 nitrogen and oxygen atoms in total. The number of carbonyl (C=O) groups is 1. The molecule has 0 saturated carbocycles. The van der Waals surface area contributed by atoms with E-state index in [1.807, 2.05) is 11.8 Å². The fourth-order valence-corrected chi connectivity index (χ4v) is 2.28. The summed E-state index contributed by atoms with van der Waals surface area (Å²) >= 11 is 1.86. The molecule has 1 heterocycles. The molecule has 1 fully saturated rings. The Kier molecular flexibility index (Phi) is 4.38. The molecule has 1 unspecified atom stereocenters. The van der Waals surface area contributed by atoms with Crippen LogP contribution in [0.1, 0.15) is 13.3 Å². The first-order valence-corrected chi connectivity index (χ1v) is 5.64. The third-order valence-corrected chi connectivity index (χ3v) is 2.99. The lowest BCUT2D eigenvalue weighted by atomic mass is 10.3. The number of hydrogen-bond donors (Lipinski definition) is 3. The van der Waals surface area contributed by atoms with Gasteiger partial charge in [-0.25, -0.2) is 4.79 Å². The van der Waals surface area contributed by atoms with Gasteiger partial charge in [0, 0.05) is 18.3 Å². The summed E-state index contributed by atoms with van der Waals surface area (Å²) in [7, 11) is 0. The topological polar surface area (TPSA) is 61.4 Å². The SMILES string of the molecule is C[C@@H](O)CNC(=O)NC1CCSC1. The van der Waals surface area contributed by atoms with Crippen molar-refractivity contribution >= 4 is 17.8 Å². The fourth-order valence-electron chi connectivity index (χ4n) is 1.13. The van der Waals surface area contributed by atoms with Crippen LogP contribution in [0.15, 0.2) is 0 Å². The van der Waals surface area contributed by atoms with Crippen molar-refractivity contribution in [3.05, 3.63) is 0 Å². The molecule has 1 saturated heterocycles. The molecule has 0 spiro atoms. The van der Waals surface area contributed by atoms with Gasteiger partial charge in [0.15, 0.2) is 0 Å². The van der Waals surface area contributed by atoms with Crippen molar-refractivity contribution in [3.8, 4) is 0 Å². The molecule has 1 aliphatic heterocycles. The van der Waals surface area contributed by atoms with E-state index in [4.69, 9.17) is 5.11 Å². The Morgan fingerprint density at radius 3 is 3.08 bits per heavy atom. The third kappa shape index (κ3) is 4.38. The summed E-state index contributed by atoms with van der Waals surface area (Å²) < 4.78 is 0. The molecule has 2 atom stereocenters. The van der Waals surface area contributed by atoms with Crippen LogP contribution in [0, 0.1) is 0 Å². The van der Waals surface area contributed by atoms with Crippen molar-refractivity contribution in [3.63, 3.8) is 0 Å². The number of aliphatic hydroxyl groups is 1. The number of nitrogens with one attached hydrogen (secondary N) is 2. The van der Waals surface area contributed by atoms with Gasteiger partial charge >= 0.3 is 6.03 Å². The van der Waals surface area contributed by atoms with E-state index in [1.165, 1.54) is 0 Å². The molecule has 1 aliphatic rings. The molecule has 1 rings (SSSR count). The first-order chi connectivity index (χ1) is 6.18. The minimum Gasteiger partial charge on any atom is -0.392 e. The Morgan fingerprint density at radius 2 is 2.54 bits per heavy atom. The second kappa shape index (κ2) is 5.34. The van der Waals surface area contributed by atoms with Crippen LogP contribution >= 0.6 is 11.8 Å². The predicted molar refractivity (Wildman–Crippen MR) is 53.9 cm³/mol. The molecular formula is C8H16N2O2S. The average Bonchev–Trinajstić information content (AvgIpc) is 2.53. The number of carbonyl (C=O) groups excluding carboxylic acids is 1. The van der Waals surface area contributed by atoms with Gasteiger partial charge in [-0.1, -0.05) is 0 Å². The smallest absolute Gasteiger partial charge is 0.315 e. The van der Waals surface area contributed by atoms with Gasteiger partial charge in [0.1, 0.15) is 0 Å². The van der Waals surface area contributed by atoms with Gasteiger partial charge in [0.05, 0.1) is 6.10 Å². The second-order valence-corrected chi connectivity index (χ2v) is 4.41. The van der Waals surface area contributed by atoms with Gasteiger partial charge in [-0.05, 0) is 19.1 Å². The summed E-state index contributed by atoms with van der Waals surface area (Å²) in [6.07, 6.45) is 0.566. The van der Waals surface area contributed by atoms with Gasteiger partial charge < -0.3 is 15.7 Å². The van der Waals surface area contributed by atoms with Crippen molar-refractivity contribution in [2.45, 2.75) is 25.5 Å². The second-order valence-electron chi connectivity index (χ2n) is 3.26. The van der Waals surface area contributed by atoms with Crippen LogP contribution in [-0.4, -0.2) is 41.3 Å². The van der Waals surface area contributed by atoms with Gasteiger partial charge in [-0.2, -0.15) is 11.8 Å². The van der Waals surface area contributed by atoms with E-state index in [0.717, 1.165) is 17.9 Å². The number of thioether (sulfide) groups is 1. The van der Waals surface area contributed by atoms with Crippen molar-refractivity contribution in [1.29, 1.82) is 0 Å². The van der Waals surface area contributed by atoms with E-state index in [2.05, 4.69) is 10.6 Å². The predicted octanol–water partition coefficient (Wildman–Crippen LogP) is 0.172. The molecule has 0 aliphatic carbocycles. The maximum atomic E-state index is 11.2. The van der Waals surface area contributed by atoms with E-state index < -0.39 is 6.10 Å². The Morgan fingerprint density at radius 1 is 1.77 bits per heavy atom. The Bertz CT molecular complexity index is 170. The zero-order valence-electron chi connectivity index (χ0n) is 7.75. The van der Waals surface area contributed by atoms with E-state index in [1.54, 1.807) is 6.92 Å². The molecule has 0 aromatic carbocycles.